The first-order valence-corrected chi connectivity index (χ1v) is 13.2. The van der Waals surface area contributed by atoms with Gasteiger partial charge in [-0.05, 0) is 55.2 Å². The average Bonchev–Trinajstić information content (AvgIpc) is 2.85. The number of pyridine rings is 1. The van der Waals surface area contributed by atoms with E-state index in [-0.39, 0.29) is 23.1 Å². The molecule has 0 saturated heterocycles. The third-order valence-electron chi connectivity index (χ3n) is 6.14. The van der Waals surface area contributed by atoms with Crippen molar-refractivity contribution in [3.63, 3.8) is 0 Å². The summed E-state index contributed by atoms with van der Waals surface area (Å²) in [7, 11) is -1.96. The quantitative estimate of drug-likeness (QED) is 0.514. The zero-order valence-electron chi connectivity index (χ0n) is 19.5. The number of rotatable bonds is 6. The van der Waals surface area contributed by atoms with Crippen LogP contribution in [0.1, 0.15) is 23.1 Å². The maximum Gasteiger partial charge on any atom is 0.263 e. The van der Waals surface area contributed by atoms with Crippen molar-refractivity contribution in [2.24, 2.45) is 0 Å². The van der Waals surface area contributed by atoms with Crippen LogP contribution in [0.4, 0.5) is 11.5 Å². The highest BCUT2D eigenvalue weighted by molar-refractivity contribution is 7.92. The summed E-state index contributed by atoms with van der Waals surface area (Å²) >= 11 is 6.16. The van der Waals surface area contributed by atoms with Crippen molar-refractivity contribution in [2.75, 3.05) is 36.4 Å². The Balaban J connectivity index is 1.47. The van der Waals surface area contributed by atoms with Crippen LogP contribution >= 0.6 is 11.6 Å². The molecule has 0 atom stereocenters. The molecule has 3 heterocycles. The van der Waals surface area contributed by atoms with Crippen molar-refractivity contribution in [3.05, 3.63) is 64.3 Å². The minimum atomic E-state index is -3.97. The number of nitrogens with zero attached hydrogens (tertiary/aromatic N) is 2. The lowest BCUT2D eigenvalue weighted by molar-refractivity contribution is 0.246. The normalized spacial score (nSPS) is 14.9. The number of hydrogen-bond donors (Lipinski definition) is 1. The second-order valence-electron chi connectivity index (χ2n) is 8.57. The van der Waals surface area contributed by atoms with Gasteiger partial charge in [0.2, 0.25) is 5.75 Å². The Bertz CT molecular complexity index is 1380. The molecule has 0 bridgehead atoms. The molecule has 2 aliphatic heterocycles. The van der Waals surface area contributed by atoms with Gasteiger partial charge in [0, 0.05) is 23.8 Å². The number of fused-ring (bicyclic) bond motifs is 2. The highest BCUT2D eigenvalue weighted by atomic mass is 35.5. The summed E-state index contributed by atoms with van der Waals surface area (Å²) < 4.78 is 46.9. The molecule has 2 aromatic carbocycles. The van der Waals surface area contributed by atoms with Crippen LogP contribution in [0.3, 0.4) is 0 Å². The molecule has 8 nitrogen and oxygen atoms in total. The van der Waals surface area contributed by atoms with E-state index in [9.17, 15) is 8.42 Å². The Kier molecular flexibility index (Phi) is 6.37. The molecule has 1 N–H and O–H groups in total. The molecule has 0 spiro atoms. The first kappa shape index (κ1) is 23.6. The molecule has 1 aromatic heterocycles. The third kappa shape index (κ3) is 4.70. The molecule has 0 saturated carbocycles. The van der Waals surface area contributed by atoms with Crippen LogP contribution in [0.5, 0.6) is 17.2 Å². The van der Waals surface area contributed by atoms with Gasteiger partial charge >= 0.3 is 0 Å². The van der Waals surface area contributed by atoms with E-state index in [1.54, 1.807) is 25.3 Å². The van der Waals surface area contributed by atoms with Gasteiger partial charge in [0.05, 0.1) is 23.7 Å². The number of benzene rings is 2. The monoisotopic (exact) mass is 515 g/mol. The zero-order valence-corrected chi connectivity index (χ0v) is 21.1. The number of halogens is 1. The second-order valence-corrected chi connectivity index (χ2v) is 10.6. The Morgan fingerprint density at radius 3 is 2.91 bits per heavy atom. The summed E-state index contributed by atoms with van der Waals surface area (Å²) in [5.74, 6) is 1.69. The van der Waals surface area contributed by atoms with Crippen LogP contribution < -0.4 is 23.8 Å². The standard InChI is InChI=1S/C25H26ClN3O5S/c1-16-19(26)6-3-7-22(16)35(30,31)28-25-24(23-18(14-27-25)5-4-11-33-23)34-15-17-8-9-21-20(13-17)29(2)10-12-32-21/h3,6-9,13-14H,4-5,10-12,15H2,1-2H3,(H,27,28). The first-order valence-electron chi connectivity index (χ1n) is 11.4. The largest absolute Gasteiger partial charge is 0.490 e. The lowest BCUT2D eigenvalue weighted by atomic mass is 10.1. The van der Waals surface area contributed by atoms with E-state index < -0.39 is 10.0 Å². The molecule has 0 aliphatic carbocycles. The van der Waals surface area contributed by atoms with Gasteiger partial charge in [-0.25, -0.2) is 13.4 Å². The van der Waals surface area contributed by atoms with Crippen LogP contribution in [-0.2, 0) is 23.1 Å². The fourth-order valence-corrected chi connectivity index (χ4v) is 5.71. The van der Waals surface area contributed by atoms with E-state index in [1.165, 1.54) is 6.07 Å². The van der Waals surface area contributed by atoms with Crippen molar-refractivity contribution < 1.29 is 22.6 Å². The average molecular weight is 516 g/mol. The van der Waals surface area contributed by atoms with E-state index >= 15 is 0 Å². The second kappa shape index (κ2) is 9.47. The van der Waals surface area contributed by atoms with E-state index in [4.69, 9.17) is 25.8 Å². The molecule has 2 aliphatic rings. The van der Waals surface area contributed by atoms with Gasteiger partial charge in [0.25, 0.3) is 10.0 Å². The number of sulfonamides is 1. The summed E-state index contributed by atoms with van der Waals surface area (Å²) in [6.07, 6.45) is 3.27. The summed E-state index contributed by atoms with van der Waals surface area (Å²) in [5, 5.41) is 0.368. The van der Waals surface area contributed by atoms with Crippen molar-refractivity contribution in [1.29, 1.82) is 0 Å². The molecular weight excluding hydrogens is 490 g/mol. The van der Waals surface area contributed by atoms with Crippen molar-refractivity contribution in [2.45, 2.75) is 31.3 Å². The minimum absolute atomic E-state index is 0.0726. The maximum atomic E-state index is 13.2. The lowest BCUT2D eigenvalue weighted by Crippen LogP contribution is -2.28. The molecule has 3 aromatic rings. The fraction of sp³-hybridized carbons (Fsp3) is 0.320. The summed E-state index contributed by atoms with van der Waals surface area (Å²) in [6, 6.07) is 10.6. The van der Waals surface area contributed by atoms with E-state index in [0.29, 0.717) is 29.5 Å². The highest BCUT2D eigenvalue weighted by Gasteiger charge is 2.26. The van der Waals surface area contributed by atoms with Crippen LogP contribution in [0.15, 0.2) is 47.5 Å². The topological polar surface area (TPSA) is 90.0 Å². The Hall–Kier alpha value is -3.17. The van der Waals surface area contributed by atoms with Crippen LogP contribution in [-0.4, -0.2) is 40.2 Å². The Morgan fingerprint density at radius 1 is 1.20 bits per heavy atom. The summed E-state index contributed by atoms with van der Waals surface area (Å²) in [4.78, 5) is 6.60. The van der Waals surface area contributed by atoms with Gasteiger partial charge < -0.3 is 19.1 Å². The number of aromatic nitrogens is 1. The molecule has 5 rings (SSSR count). The predicted molar refractivity (Wildman–Crippen MR) is 135 cm³/mol. The number of ether oxygens (including phenoxy) is 3. The van der Waals surface area contributed by atoms with Gasteiger partial charge in [-0.3, -0.25) is 4.72 Å². The summed E-state index contributed by atoms with van der Waals surface area (Å²) in [6.45, 7) is 3.83. The molecule has 10 heteroatoms. The molecule has 0 unspecified atom stereocenters. The van der Waals surface area contributed by atoms with E-state index in [0.717, 1.165) is 42.0 Å². The van der Waals surface area contributed by atoms with Gasteiger partial charge in [0.15, 0.2) is 11.6 Å². The van der Waals surface area contributed by atoms with E-state index in [1.807, 2.05) is 25.2 Å². The van der Waals surface area contributed by atoms with Crippen LogP contribution in [0, 0.1) is 6.92 Å². The van der Waals surface area contributed by atoms with Crippen LogP contribution in [0.2, 0.25) is 5.02 Å². The van der Waals surface area contributed by atoms with Crippen molar-refractivity contribution in [3.8, 4) is 17.2 Å². The Labute approximate surface area is 209 Å². The van der Waals surface area contributed by atoms with Crippen LogP contribution in [0.25, 0.3) is 0 Å². The number of likely N-dealkylation sites (N-methyl/N-ethyl adjacent to an activating group) is 1. The van der Waals surface area contributed by atoms with Crippen molar-refractivity contribution >= 4 is 33.1 Å². The molecule has 0 amide bonds. The van der Waals surface area contributed by atoms with Gasteiger partial charge in [-0.1, -0.05) is 23.7 Å². The number of anilines is 2. The van der Waals surface area contributed by atoms with E-state index in [2.05, 4.69) is 14.6 Å². The Morgan fingerprint density at radius 2 is 2.06 bits per heavy atom. The van der Waals surface area contributed by atoms with Gasteiger partial charge in [0.1, 0.15) is 19.0 Å². The smallest absolute Gasteiger partial charge is 0.263 e. The molecule has 0 radical (unpaired) electrons. The maximum absolute atomic E-state index is 13.2. The highest BCUT2D eigenvalue weighted by Crippen LogP contribution is 2.41. The van der Waals surface area contributed by atoms with Gasteiger partial charge in [-0.15, -0.1) is 0 Å². The predicted octanol–water partition coefficient (Wildman–Crippen LogP) is 4.58. The molecular formula is C25H26ClN3O5S. The lowest BCUT2D eigenvalue weighted by Gasteiger charge is -2.28. The number of hydrogen-bond acceptors (Lipinski definition) is 7. The number of nitrogens with one attached hydrogen (secondary N) is 1. The third-order valence-corrected chi connectivity index (χ3v) is 8.03. The minimum Gasteiger partial charge on any atom is -0.490 e. The molecule has 0 fully saturated rings. The zero-order chi connectivity index (χ0) is 24.6. The number of aryl methyl sites for hydroxylation is 1. The molecule has 35 heavy (non-hydrogen) atoms. The van der Waals surface area contributed by atoms with Gasteiger partial charge in [-0.2, -0.15) is 0 Å². The van der Waals surface area contributed by atoms with Crippen molar-refractivity contribution in [1.82, 2.24) is 4.98 Å². The fourth-order valence-electron chi connectivity index (χ4n) is 4.20. The molecule has 184 valence electrons. The SMILES string of the molecule is Cc1c(Cl)cccc1S(=O)(=O)Nc1ncc2c(c1OCc1ccc3c(c1)N(C)CCO3)OCCC2. The first-order chi connectivity index (χ1) is 16.8. The summed E-state index contributed by atoms with van der Waals surface area (Å²) in [5.41, 5.74) is 3.23.